The van der Waals surface area contributed by atoms with E-state index < -0.39 is 5.91 Å². The third-order valence-electron chi connectivity index (χ3n) is 3.50. The number of primary amides is 1. The molecule has 0 aliphatic heterocycles. The fourth-order valence-corrected chi connectivity index (χ4v) is 2.48. The number of carbonyl (C=O) groups is 1. The first-order chi connectivity index (χ1) is 10.1. The number of amides is 1. The SMILES string of the molecule is NC(=O)COCC(N)c1ccc2[nH]c3ccccc3c2c1. The summed E-state index contributed by atoms with van der Waals surface area (Å²) in [6, 6.07) is 13.9. The van der Waals surface area contributed by atoms with Crippen LogP contribution in [0.3, 0.4) is 0 Å². The zero-order valence-electron chi connectivity index (χ0n) is 11.5. The number of carbonyl (C=O) groups excluding carboxylic acids is 1. The highest BCUT2D eigenvalue weighted by Gasteiger charge is 2.10. The van der Waals surface area contributed by atoms with Gasteiger partial charge in [-0.1, -0.05) is 24.3 Å². The number of nitrogens with one attached hydrogen (secondary N) is 1. The van der Waals surface area contributed by atoms with Crippen LogP contribution in [0.4, 0.5) is 0 Å². The van der Waals surface area contributed by atoms with Crippen molar-refractivity contribution in [2.24, 2.45) is 11.5 Å². The van der Waals surface area contributed by atoms with Crippen molar-refractivity contribution in [3.8, 4) is 0 Å². The molecule has 1 unspecified atom stereocenters. The second-order valence-corrected chi connectivity index (χ2v) is 5.06. The smallest absolute Gasteiger partial charge is 0.243 e. The first-order valence-corrected chi connectivity index (χ1v) is 6.77. The topological polar surface area (TPSA) is 94.1 Å². The lowest BCUT2D eigenvalue weighted by molar-refractivity contribution is -0.122. The number of fused-ring (bicyclic) bond motifs is 3. The average molecular weight is 283 g/mol. The molecule has 0 fully saturated rings. The van der Waals surface area contributed by atoms with Gasteiger partial charge in [0.2, 0.25) is 5.91 Å². The van der Waals surface area contributed by atoms with Gasteiger partial charge in [0, 0.05) is 21.8 Å². The molecular weight excluding hydrogens is 266 g/mol. The Morgan fingerprint density at radius 2 is 1.90 bits per heavy atom. The van der Waals surface area contributed by atoms with E-state index >= 15 is 0 Å². The molecule has 5 heteroatoms. The number of hydrogen-bond acceptors (Lipinski definition) is 3. The zero-order valence-corrected chi connectivity index (χ0v) is 11.5. The van der Waals surface area contributed by atoms with E-state index in [1.165, 1.54) is 5.39 Å². The van der Waals surface area contributed by atoms with Crippen molar-refractivity contribution in [1.29, 1.82) is 0 Å². The standard InChI is InChI=1S/C16H17N3O2/c17-13(8-21-9-16(18)20)10-5-6-15-12(7-10)11-3-1-2-4-14(11)19-15/h1-7,13,19H,8-9,17H2,(H2,18,20). The Labute approximate surface area is 121 Å². The van der Waals surface area contributed by atoms with E-state index in [1.54, 1.807) is 0 Å². The molecule has 0 aliphatic carbocycles. The van der Waals surface area contributed by atoms with Gasteiger partial charge in [-0.3, -0.25) is 4.79 Å². The van der Waals surface area contributed by atoms with E-state index in [0.29, 0.717) is 0 Å². The van der Waals surface area contributed by atoms with Crippen LogP contribution in [0.25, 0.3) is 21.8 Å². The van der Waals surface area contributed by atoms with Gasteiger partial charge < -0.3 is 21.2 Å². The van der Waals surface area contributed by atoms with E-state index in [1.807, 2.05) is 30.3 Å². The van der Waals surface area contributed by atoms with E-state index in [4.69, 9.17) is 16.2 Å². The highest BCUT2D eigenvalue weighted by atomic mass is 16.5. The van der Waals surface area contributed by atoms with E-state index in [0.717, 1.165) is 22.0 Å². The van der Waals surface area contributed by atoms with Gasteiger partial charge in [0.15, 0.2) is 0 Å². The van der Waals surface area contributed by atoms with E-state index in [9.17, 15) is 4.79 Å². The minimum Gasteiger partial charge on any atom is -0.370 e. The second kappa shape index (κ2) is 5.55. The molecule has 21 heavy (non-hydrogen) atoms. The summed E-state index contributed by atoms with van der Waals surface area (Å²) in [6.45, 7) is 0.153. The van der Waals surface area contributed by atoms with Crippen LogP contribution in [0, 0.1) is 0 Å². The van der Waals surface area contributed by atoms with Gasteiger partial charge in [-0.25, -0.2) is 0 Å². The molecule has 0 bridgehead atoms. The molecule has 0 radical (unpaired) electrons. The van der Waals surface area contributed by atoms with Crippen molar-refractivity contribution >= 4 is 27.7 Å². The van der Waals surface area contributed by atoms with E-state index in [-0.39, 0.29) is 19.3 Å². The van der Waals surface area contributed by atoms with Crippen LogP contribution in [-0.4, -0.2) is 24.1 Å². The molecule has 1 aromatic heterocycles. The van der Waals surface area contributed by atoms with Crippen LogP contribution in [-0.2, 0) is 9.53 Å². The lowest BCUT2D eigenvalue weighted by atomic mass is 10.0. The third kappa shape index (κ3) is 2.74. The van der Waals surface area contributed by atoms with Crippen LogP contribution in [0.15, 0.2) is 42.5 Å². The third-order valence-corrected chi connectivity index (χ3v) is 3.50. The number of para-hydroxylation sites is 1. The molecule has 0 aliphatic rings. The van der Waals surface area contributed by atoms with Crippen molar-refractivity contribution in [2.75, 3.05) is 13.2 Å². The van der Waals surface area contributed by atoms with Crippen LogP contribution in [0.1, 0.15) is 11.6 Å². The normalized spacial score (nSPS) is 12.8. The predicted octanol–water partition coefficient (Wildman–Crippen LogP) is 1.82. The molecule has 3 rings (SSSR count). The fraction of sp³-hybridized carbons (Fsp3) is 0.188. The molecule has 2 aromatic carbocycles. The van der Waals surface area contributed by atoms with Crippen LogP contribution in [0.2, 0.25) is 0 Å². The Hall–Kier alpha value is -2.37. The van der Waals surface area contributed by atoms with Crippen LogP contribution < -0.4 is 11.5 Å². The summed E-state index contributed by atoms with van der Waals surface area (Å²) in [5.74, 6) is -0.491. The molecular formula is C16H17N3O2. The summed E-state index contributed by atoms with van der Waals surface area (Å²) in [6.07, 6.45) is 0. The summed E-state index contributed by atoms with van der Waals surface area (Å²) >= 11 is 0. The lowest BCUT2D eigenvalue weighted by Crippen LogP contribution is -2.23. The summed E-state index contributed by atoms with van der Waals surface area (Å²) in [5.41, 5.74) is 14.3. The second-order valence-electron chi connectivity index (χ2n) is 5.06. The predicted molar refractivity (Wildman–Crippen MR) is 82.7 cm³/mol. The molecule has 1 amide bonds. The van der Waals surface area contributed by atoms with Crippen molar-refractivity contribution in [1.82, 2.24) is 4.98 Å². The summed E-state index contributed by atoms with van der Waals surface area (Å²) < 4.78 is 5.18. The number of aromatic amines is 1. The van der Waals surface area contributed by atoms with E-state index in [2.05, 4.69) is 17.1 Å². The number of hydrogen-bond donors (Lipinski definition) is 3. The molecule has 0 saturated heterocycles. The maximum atomic E-state index is 10.7. The van der Waals surface area contributed by atoms with Crippen molar-refractivity contribution in [2.45, 2.75) is 6.04 Å². The van der Waals surface area contributed by atoms with Gasteiger partial charge in [0.1, 0.15) is 6.61 Å². The molecule has 0 spiro atoms. The maximum Gasteiger partial charge on any atom is 0.243 e. The summed E-state index contributed by atoms with van der Waals surface area (Å²) in [4.78, 5) is 14.0. The zero-order chi connectivity index (χ0) is 14.8. The minimum absolute atomic E-state index is 0.108. The number of aromatic nitrogens is 1. The maximum absolute atomic E-state index is 10.7. The molecule has 1 heterocycles. The average Bonchev–Trinajstić information content (AvgIpc) is 2.84. The van der Waals surface area contributed by atoms with Crippen LogP contribution >= 0.6 is 0 Å². The molecule has 5 nitrogen and oxygen atoms in total. The Morgan fingerprint density at radius 1 is 1.14 bits per heavy atom. The number of H-pyrrole nitrogens is 1. The Morgan fingerprint density at radius 3 is 2.71 bits per heavy atom. The van der Waals surface area contributed by atoms with Gasteiger partial charge in [0.25, 0.3) is 0 Å². The number of benzene rings is 2. The van der Waals surface area contributed by atoms with Crippen LogP contribution in [0.5, 0.6) is 0 Å². The molecule has 5 N–H and O–H groups in total. The van der Waals surface area contributed by atoms with Crippen molar-refractivity contribution in [3.05, 3.63) is 48.0 Å². The first kappa shape index (κ1) is 13.6. The largest absolute Gasteiger partial charge is 0.370 e. The lowest BCUT2D eigenvalue weighted by Gasteiger charge is -2.12. The molecule has 3 aromatic rings. The Balaban J connectivity index is 1.89. The summed E-state index contributed by atoms with van der Waals surface area (Å²) in [7, 11) is 0. The monoisotopic (exact) mass is 283 g/mol. The number of rotatable bonds is 5. The molecule has 1 atom stereocenters. The molecule has 0 saturated carbocycles. The number of ether oxygens (including phenoxy) is 1. The fourth-order valence-electron chi connectivity index (χ4n) is 2.48. The van der Waals surface area contributed by atoms with Gasteiger partial charge >= 0.3 is 0 Å². The van der Waals surface area contributed by atoms with Gasteiger partial charge in [-0.05, 0) is 23.8 Å². The highest BCUT2D eigenvalue weighted by molar-refractivity contribution is 6.07. The van der Waals surface area contributed by atoms with Gasteiger partial charge in [-0.15, -0.1) is 0 Å². The number of nitrogens with two attached hydrogens (primary N) is 2. The van der Waals surface area contributed by atoms with Gasteiger partial charge in [-0.2, -0.15) is 0 Å². The first-order valence-electron chi connectivity index (χ1n) is 6.77. The minimum atomic E-state index is -0.491. The Kier molecular flexibility index (Phi) is 3.60. The van der Waals surface area contributed by atoms with Crippen molar-refractivity contribution in [3.63, 3.8) is 0 Å². The van der Waals surface area contributed by atoms with Gasteiger partial charge in [0.05, 0.1) is 12.6 Å². The highest BCUT2D eigenvalue weighted by Crippen LogP contribution is 2.27. The molecule has 108 valence electrons. The quantitative estimate of drug-likeness (QED) is 0.666. The Bertz CT molecular complexity index is 794. The van der Waals surface area contributed by atoms with Crippen molar-refractivity contribution < 1.29 is 9.53 Å². The summed E-state index contributed by atoms with van der Waals surface area (Å²) in [5, 5.41) is 2.30.